The van der Waals surface area contributed by atoms with E-state index in [0.717, 1.165) is 17.2 Å². The number of nitrogens with one attached hydrogen (secondary N) is 1. The number of imidazole rings is 1. The predicted molar refractivity (Wildman–Crippen MR) is 80.2 cm³/mol. The molecule has 0 bridgehead atoms. The molecule has 0 amide bonds. The van der Waals surface area contributed by atoms with Crippen LogP contribution in [0.4, 0.5) is 10.7 Å². The number of nitrogens with two attached hydrogens (primary N) is 1. The normalized spacial score (nSPS) is 10.1. The summed E-state index contributed by atoms with van der Waals surface area (Å²) in [6, 6.07) is 2.01. The summed E-state index contributed by atoms with van der Waals surface area (Å²) in [5.74, 6) is 0.393. The van der Waals surface area contributed by atoms with Gasteiger partial charge in [0.15, 0.2) is 0 Å². The van der Waals surface area contributed by atoms with Gasteiger partial charge in [-0.1, -0.05) is 0 Å². The number of hydrogen-bond donors (Lipinski definition) is 2. The first-order chi connectivity index (χ1) is 10.1. The van der Waals surface area contributed by atoms with E-state index in [1.54, 1.807) is 6.20 Å². The molecule has 0 aliphatic carbocycles. The number of rotatable bonds is 5. The Bertz CT molecular complexity index is 698. The van der Waals surface area contributed by atoms with Crippen LogP contribution in [0.25, 0.3) is 0 Å². The molecule has 2 aromatic rings. The predicted octanol–water partition coefficient (Wildman–Crippen LogP) is 1.38. The lowest BCUT2D eigenvalue weighted by Crippen LogP contribution is -2.08. The summed E-state index contributed by atoms with van der Waals surface area (Å²) >= 11 is 1.12. The van der Waals surface area contributed by atoms with Gasteiger partial charge in [0.25, 0.3) is 0 Å². The summed E-state index contributed by atoms with van der Waals surface area (Å²) in [6.45, 7) is 0.583. The van der Waals surface area contributed by atoms with Crippen molar-refractivity contribution in [1.29, 1.82) is 5.26 Å². The third-order valence-corrected chi connectivity index (χ3v) is 4.13. The number of nitrogen functional groups attached to an aromatic ring is 1. The average Bonchev–Trinajstić information content (AvgIpc) is 3.02. The first-order valence-corrected chi connectivity index (χ1v) is 7.00. The molecule has 110 valence electrons. The summed E-state index contributed by atoms with van der Waals surface area (Å²) in [7, 11) is 3.20. The van der Waals surface area contributed by atoms with E-state index in [4.69, 9.17) is 11.0 Å². The Labute approximate surface area is 126 Å². The summed E-state index contributed by atoms with van der Waals surface area (Å²) in [4.78, 5) is 16.0. The molecule has 0 saturated carbocycles. The molecule has 0 aliphatic heterocycles. The van der Waals surface area contributed by atoms with Crippen molar-refractivity contribution in [3.63, 3.8) is 0 Å². The molecule has 2 aromatic heterocycles. The Kier molecular flexibility index (Phi) is 4.45. The van der Waals surface area contributed by atoms with E-state index in [1.165, 1.54) is 7.11 Å². The highest BCUT2D eigenvalue weighted by Gasteiger charge is 2.21. The maximum atomic E-state index is 11.6. The number of aryl methyl sites for hydroxylation is 1. The van der Waals surface area contributed by atoms with Crippen molar-refractivity contribution >= 4 is 28.0 Å². The van der Waals surface area contributed by atoms with E-state index < -0.39 is 5.97 Å². The molecule has 0 spiro atoms. The van der Waals surface area contributed by atoms with Crippen LogP contribution < -0.4 is 11.1 Å². The first-order valence-electron chi connectivity index (χ1n) is 6.19. The summed E-state index contributed by atoms with van der Waals surface area (Å²) in [5.41, 5.74) is 6.25. The van der Waals surface area contributed by atoms with Crippen LogP contribution in [0.15, 0.2) is 12.4 Å². The number of ether oxygens (including phenoxy) is 1. The standard InChI is InChI=1S/C13H15N5O2S/c1-18-6-5-16-9(18)3-4-17-12-8(7-14)10(15)11(21-12)13(19)20-2/h5-6,17H,3-4,15H2,1-2H3. The number of aromatic nitrogens is 2. The van der Waals surface area contributed by atoms with Crippen molar-refractivity contribution in [3.05, 3.63) is 28.7 Å². The molecule has 8 heteroatoms. The van der Waals surface area contributed by atoms with Gasteiger partial charge in [0.05, 0.1) is 12.8 Å². The van der Waals surface area contributed by atoms with Crippen molar-refractivity contribution in [1.82, 2.24) is 9.55 Å². The van der Waals surface area contributed by atoms with Crippen molar-refractivity contribution in [2.24, 2.45) is 7.05 Å². The van der Waals surface area contributed by atoms with Crippen molar-refractivity contribution < 1.29 is 9.53 Å². The smallest absolute Gasteiger partial charge is 0.350 e. The van der Waals surface area contributed by atoms with Gasteiger partial charge in [-0.2, -0.15) is 5.26 Å². The first kappa shape index (κ1) is 14.9. The number of carbonyl (C=O) groups is 1. The number of anilines is 2. The fourth-order valence-corrected chi connectivity index (χ4v) is 2.86. The van der Waals surface area contributed by atoms with Crippen LogP contribution in [0.2, 0.25) is 0 Å². The highest BCUT2D eigenvalue weighted by molar-refractivity contribution is 7.18. The molecule has 0 unspecified atom stereocenters. The van der Waals surface area contributed by atoms with Crippen LogP contribution in [-0.4, -0.2) is 29.2 Å². The van der Waals surface area contributed by atoms with Gasteiger partial charge in [0.1, 0.15) is 27.3 Å². The molecule has 7 nitrogen and oxygen atoms in total. The number of esters is 1. The highest BCUT2D eigenvalue weighted by Crippen LogP contribution is 2.35. The number of nitrogens with zero attached hydrogens (tertiary/aromatic N) is 3. The second-order valence-electron chi connectivity index (χ2n) is 4.28. The Hall–Kier alpha value is -2.53. The lowest BCUT2D eigenvalue weighted by atomic mass is 10.2. The zero-order valence-corrected chi connectivity index (χ0v) is 12.5. The monoisotopic (exact) mass is 305 g/mol. The lowest BCUT2D eigenvalue weighted by Gasteiger charge is -2.04. The maximum Gasteiger partial charge on any atom is 0.350 e. The minimum absolute atomic E-state index is 0.161. The van der Waals surface area contributed by atoms with Crippen LogP contribution in [0, 0.1) is 11.3 Å². The molecule has 3 N–H and O–H groups in total. The quantitative estimate of drug-likeness (QED) is 0.808. The van der Waals surface area contributed by atoms with Crippen LogP contribution in [0.3, 0.4) is 0 Å². The van der Waals surface area contributed by atoms with E-state index in [9.17, 15) is 4.79 Å². The SMILES string of the molecule is COC(=O)c1sc(NCCc2nccn2C)c(C#N)c1N. The van der Waals surface area contributed by atoms with E-state index in [0.29, 0.717) is 18.0 Å². The fourth-order valence-electron chi connectivity index (χ4n) is 1.85. The lowest BCUT2D eigenvalue weighted by molar-refractivity contribution is 0.0607. The number of hydrogen-bond acceptors (Lipinski definition) is 7. The Balaban J connectivity index is 2.11. The van der Waals surface area contributed by atoms with E-state index in [-0.39, 0.29) is 16.1 Å². The second-order valence-corrected chi connectivity index (χ2v) is 5.30. The molecule has 0 atom stereocenters. The number of thiophene rings is 1. The molecular weight excluding hydrogens is 290 g/mol. The molecule has 2 rings (SSSR count). The second kappa shape index (κ2) is 6.28. The molecule has 2 heterocycles. The van der Waals surface area contributed by atoms with Gasteiger partial charge in [-0.15, -0.1) is 11.3 Å². The molecule has 0 saturated heterocycles. The molecule has 0 fully saturated rings. The van der Waals surface area contributed by atoms with E-state index in [1.807, 2.05) is 23.9 Å². The van der Waals surface area contributed by atoms with E-state index >= 15 is 0 Å². The average molecular weight is 305 g/mol. The molecular formula is C13H15N5O2S. The minimum Gasteiger partial charge on any atom is -0.465 e. The molecule has 21 heavy (non-hydrogen) atoms. The third kappa shape index (κ3) is 2.98. The van der Waals surface area contributed by atoms with Crippen LogP contribution in [-0.2, 0) is 18.2 Å². The zero-order valence-electron chi connectivity index (χ0n) is 11.7. The van der Waals surface area contributed by atoms with Crippen LogP contribution in [0.5, 0.6) is 0 Å². The molecule has 0 aromatic carbocycles. The van der Waals surface area contributed by atoms with Gasteiger partial charge in [-0.3, -0.25) is 0 Å². The van der Waals surface area contributed by atoms with Gasteiger partial charge in [0.2, 0.25) is 0 Å². The largest absolute Gasteiger partial charge is 0.465 e. The topological polar surface area (TPSA) is 106 Å². The van der Waals surface area contributed by atoms with Gasteiger partial charge >= 0.3 is 5.97 Å². The summed E-state index contributed by atoms with van der Waals surface area (Å²) in [6.07, 6.45) is 4.29. The van der Waals surface area contributed by atoms with Gasteiger partial charge in [-0.05, 0) is 0 Å². The van der Waals surface area contributed by atoms with Gasteiger partial charge in [-0.25, -0.2) is 9.78 Å². The minimum atomic E-state index is -0.536. The Morgan fingerprint density at radius 1 is 1.67 bits per heavy atom. The van der Waals surface area contributed by atoms with Crippen molar-refractivity contribution in [3.8, 4) is 6.07 Å². The van der Waals surface area contributed by atoms with E-state index in [2.05, 4.69) is 15.0 Å². The van der Waals surface area contributed by atoms with Crippen LogP contribution in [0.1, 0.15) is 21.1 Å². The fraction of sp³-hybridized carbons (Fsp3) is 0.308. The number of carbonyl (C=O) groups excluding carboxylic acids is 1. The van der Waals surface area contributed by atoms with Crippen molar-refractivity contribution in [2.45, 2.75) is 6.42 Å². The zero-order chi connectivity index (χ0) is 15.4. The Morgan fingerprint density at radius 3 is 3.00 bits per heavy atom. The molecule has 0 radical (unpaired) electrons. The maximum absolute atomic E-state index is 11.6. The Morgan fingerprint density at radius 2 is 2.43 bits per heavy atom. The summed E-state index contributed by atoms with van der Waals surface area (Å²) in [5, 5.41) is 12.9. The number of methoxy groups -OCH3 is 1. The van der Waals surface area contributed by atoms with Gasteiger partial charge in [0, 0.05) is 32.4 Å². The van der Waals surface area contributed by atoms with Crippen molar-refractivity contribution in [2.75, 3.05) is 24.7 Å². The highest BCUT2D eigenvalue weighted by atomic mass is 32.1. The summed E-state index contributed by atoms with van der Waals surface area (Å²) < 4.78 is 6.58. The number of nitriles is 1. The third-order valence-electron chi connectivity index (χ3n) is 2.98. The van der Waals surface area contributed by atoms with Crippen LogP contribution >= 0.6 is 11.3 Å². The molecule has 0 aliphatic rings. The van der Waals surface area contributed by atoms with Gasteiger partial charge < -0.3 is 20.4 Å².